The molecule has 3 rings (SSSR count). The molecular weight excluding hydrogens is 366 g/mol. The van der Waals surface area contributed by atoms with Crippen molar-refractivity contribution in [2.24, 2.45) is 0 Å². The second-order valence-electron chi connectivity index (χ2n) is 7.71. The van der Waals surface area contributed by atoms with Gasteiger partial charge in [-0.3, -0.25) is 4.79 Å². The lowest BCUT2D eigenvalue weighted by molar-refractivity contribution is -0.132. The van der Waals surface area contributed by atoms with E-state index in [9.17, 15) is 14.7 Å². The van der Waals surface area contributed by atoms with Crippen molar-refractivity contribution < 1.29 is 19.1 Å². The molecule has 0 unspecified atom stereocenters. The fourth-order valence-electron chi connectivity index (χ4n) is 2.80. The first kappa shape index (κ1) is 20.1. The van der Waals surface area contributed by atoms with Crippen molar-refractivity contribution in [3.8, 4) is 11.3 Å². The van der Waals surface area contributed by atoms with Crippen LogP contribution in [0.15, 0.2) is 76.8 Å². The number of aliphatic carboxylic acids is 1. The molecule has 0 aliphatic carbocycles. The topological polar surface area (TPSA) is 79.5 Å². The van der Waals surface area contributed by atoms with Crippen LogP contribution in [0.1, 0.15) is 42.5 Å². The molecule has 148 valence electrons. The Bertz CT molecular complexity index is 1040. The zero-order valence-electron chi connectivity index (χ0n) is 16.6. The quantitative estimate of drug-likeness (QED) is 0.595. The number of amides is 1. The van der Waals surface area contributed by atoms with E-state index in [1.165, 1.54) is 11.6 Å². The van der Waals surface area contributed by atoms with Crippen LogP contribution in [0.5, 0.6) is 0 Å². The van der Waals surface area contributed by atoms with Crippen molar-refractivity contribution in [2.75, 3.05) is 0 Å². The molecule has 0 bridgehead atoms. The van der Waals surface area contributed by atoms with E-state index in [2.05, 4.69) is 38.2 Å². The summed E-state index contributed by atoms with van der Waals surface area (Å²) in [4.78, 5) is 23.8. The lowest BCUT2D eigenvalue weighted by Crippen LogP contribution is -2.27. The van der Waals surface area contributed by atoms with Crippen molar-refractivity contribution in [3.63, 3.8) is 0 Å². The van der Waals surface area contributed by atoms with Gasteiger partial charge in [0.1, 0.15) is 17.2 Å². The highest BCUT2D eigenvalue weighted by Gasteiger charge is 2.16. The SMILES string of the molecule is CC(C)(C)c1ccc(-c2ccc(/C=C(/NC(=O)c3ccccc3)C(=O)O)o2)cc1. The Morgan fingerprint density at radius 2 is 1.59 bits per heavy atom. The number of hydrogen-bond donors (Lipinski definition) is 2. The van der Waals surface area contributed by atoms with E-state index in [4.69, 9.17) is 4.42 Å². The number of furan rings is 1. The molecule has 2 aromatic carbocycles. The monoisotopic (exact) mass is 389 g/mol. The zero-order chi connectivity index (χ0) is 21.0. The van der Waals surface area contributed by atoms with Gasteiger partial charge in [0, 0.05) is 17.2 Å². The molecule has 0 atom stereocenters. The standard InChI is InChI=1S/C24H23NO4/c1-24(2,3)18-11-9-16(10-12-18)21-14-13-19(29-21)15-20(23(27)28)25-22(26)17-7-5-4-6-8-17/h4-15H,1-3H3,(H,25,26)(H,27,28)/b20-15+. The highest BCUT2D eigenvalue weighted by molar-refractivity contribution is 6.02. The molecule has 0 radical (unpaired) electrons. The summed E-state index contributed by atoms with van der Waals surface area (Å²) >= 11 is 0. The van der Waals surface area contributed by atoms with Crippen LogP contribution in [-0.2, 0) is 10.2 Å². The molecule has 1 heterocycles. The van der Waals surface area contributed by atoms with Gasteiger partial charge in [-0.2, -0.15) is 0 Å². The molecule has 29 heavy (non-hydrogen) atoms. The summed E-state index contributed by atoms with van der Waals surface area (Å²) in [5, 5.41) is 11.9. The summed E-state index contributed by atoms with van der Waals surface area (Å²) in [6.45, 7) is 6.44. The third-order valence-corrected chi connectivity index (χ3v) is 4.46. The maximum Gasteiger partial charge on any atom is 0.352 e. The predicted molar refractivity (Wildman–Crippen MR) is 112 cm³/mol. The minimum atomic E-state index is -1.25. The molecular formula is C24H23NO4. The minimum absolute atomic E-state index is 0.0585. The Balaban J connectivity index is 1.81. The Hall–Kier alpha value is -3.60. The van der Waals surface area contributed by atoms with Gasteiger partial charge in [0.25, 0.3) is 5.91 Å². The van der Waals surface area contributed by atoms with Gasteiger partial charge in [-0.15, -0.1) is 0 Å². The van der Waals surface area contributed by atoms with Crippen LogP contribution in [0, 0.1) is 0 Å². The molecule has 5 nitrogen and oxygen atoms in total. The van der Waals surface area contributed by atoms with E-state index in [1.807, 2.05) is 12.1 Å². The largest absolute Gasteiger partial charge is 0.477 e. The van der Waals surface area contributed by atoms with E-state index in [0.29, 0.717) is 17.1 Å². The molecule has 0 spiro atoms. The Kier molecular flexibility index (Phi) is 5.69. The number of carboxylic acid groups (broad SMARTS) is 1. The molecule has 0 saturated carbocycles. The Labute approximate surface area is 169 Å². The molecule has 0 saturated heterocycles. The van der Waals surface area contributed by atoms with Gasteiger partial charge < -0.3 is 14.8 Å². The Morgan fingerprint density at radius 3 is 2.17 bits per heavy atom. The number of carbonyl (C=O) groups excluding carboxylic acids is 1. The van der Waals surface area contributed by atoms with Gasteiger partial charge in [-0.1, -0.05) is 63.2 Å². The summed E-state index contributed by atoms with van der Waals surface area (Å²) < 4.78 is 5.77. The minimum Gasteiger partial charge on any atom is -0.477 e. The maximum atomic E-state index is 12.2. The van der Waals surface area contributed by atoms with E-state index in [1.54, 1.807) is 42.5 Å². The van der Waals surface area contributed by atoms with Crippen molar-refractivity contribution in [1.29, 1.82) is 0 Å². The van der Waals surface area contributed by atoms with E-state index < -0.39 is 11.9 Å². The fourth-order valence-corrected chi connectivity index (χ4v) is 2.80. The number of rotatable bonds is 5. The van der Waals surface area contributed by atoms with Crippen LogP contribution in [0.3, 0.4) is 0 Å². The second kappa shape index (κ2) is 8.19. The molecule has 0 aliphatic heterocycles. The van der Waals surface area contributed by atoms with Gasteiger partial charge >= 0.3 is 5.97 Å². The summed E-state index contributed by atoms with van der Waals surface area (Å²) in [7, 11) is 0. The third kappa shape index (κ3) is 5.02. The normalized spacial score (nSPS) is 11.9. The number of hydrogen-bond acceptors (Lipinski definition) is 3. The Morgan fingerprint density at radius 1 is 0.931 bits per heavy atom. The zero-order valence-corrected chi connectivity index (χ0v) is 16.6. The third-order valence-electron chi connectivity index (χ3n) is 4.46. The molecule has 3 aromatic rings. The number of carboxylic acids is 1. The summed E-state index contributed by atoms with van der Waals surface area (Å²) in [5.74, 6) is -0.785. The molecule has 0 aliphatic rings. The van der Waals surface area contributed by atoms with Crippen LogP contribution in [0.25, 0.3) is 17.4 Å². The van der Waals surface area contributed by atoms with Crippen LogP contribution in [-0.4, -0.2) is 17.0 Å². The molecule has 1 amide bonds. The fraction of sp³-hybridized carbons (Fsp3) is 0.167. The van der Waals surface area contributed by atoms with Gasteiger partial charge in [0.2, 0.25) is 0 Å². The first-order valence-electron chi connectivity index (χ1n) is 9.26. The van der Waals surface area contributed by atoms with Crippen LogP contribution >= 0.6 is 0 Å². The van der Waals surface area contributed by atoms with E-state index >= 15 is 0 Å². The van der Waals surface area contributed by atoms with Gasteiger partial charge in [0.15, 0.2) is 0 Å². The predicted octanol–water partition coefficient (Wildman–Crippen LogP) is 5.10. The summed E-state index contributed by atoms with van der Waals surface area (Å²) in [6.07, 6.45) is 1.30. The van der Waals surface area contributed by atoms with Crippen molar-refractivity contribution in [1.82, 2.24) is 5.32 Å². The van der Waals surface area contributed by atoms with Crippen LogP contribution in [0.4, 0.5) is 0 Å². The van der Waals surface area contributed by atoms with Crippen molar-refractivity contribution >= 4 is 18.0 Å². The molecule has 1 aromatic heterocycles. The molecule has 0 fully saturated rings. The second-order valence-corrected chi connectivity index (χ2v) is 7.71. The maximum absolute atomic E-state index is 12.2. The first-order valence-corrected chi connectivity index (χ1v) is 9.26. The highest BCUT2D eigenvalue weighted by Crippen LogP contribution is 2.27. The van der Waals surface area contributed by atoms with Gasteiger partial charge in [0.05, 0.1) is 0 Å². The summed E-state index contributed by atoms with van der Waals surface area (Å²) in [6, 6.07) is 19.9. The van der Waals surface area contributed by atoms with E-state index in [0.717, 1.165) is 5.56 Å². The molecule has 5 heteroatoms. The lowest BCUT2D eigenvalue weighted by atomic mass is 9.86. The summed E-state index contributed by atoms with van der Waals surface area (Å²) in [5.41, 5.74) is 2.28. The highest BCUT2D eigenvalue weighted by atomic mass is 16.4. The van der Waals surface area contributed by atoms with Gasteiger partial charge in [-0.05, 0) is 35.2 Å². The average molecular weight is 389 g/mol. The van der Waals surface area contributed by atoms with Crippen molar-refractivity contribution in [3.05, 3.63) is 89.3 Å². The average Bonchev–Trinajstić information content (AvgIpc) is 3.16. The molecule has 2 N–H and O–H groups in total. The van der Waals surface area contributed by atoms with Crippen molar-refractivity contribution in [2.45, 2.75) is 26.2 Å². The number of nitrogens with one attached hydrogen (secondary N) is 1. The number of benzene rings is 2. The number of carbonyl (C=O) groups is 2. The van der Waals surface area contributed by atoms with Gasteiger partial charge in [-0.25, -0.2) is 4.79 Å². The smallest absolute Gasteiger partial charge is 0.352 e. The van der Waals surface area contributed by atoms with Crippen LogP contribution in [0.2, 0.25) is 0 Å². The lowest BCUT2D eigenvalue weighted by Gasteiger charge is -2.18. The first-order chi connectivity index (χ1) is 13.7. The van der Waals surface area contributed by atoms with E-state index in [-0.39, 0.29) is 11.1 Å². The van der Waals surface area contributed by atoms with Crippen LogP contribution < -0.4 is 5.32 Å².